The van der Waals surface area contributed by atoms with Crippen molar-refractivity contribution < 1.29 is 24.3 Å². The van der Waals surface area contributed by atoms with Gasteiger partial charge in [0.2, 0.25) is 11.8 Å². The average molecular weight is 616 g/mol. The van der Waals surface area contributed by atoms with Crippen molar-refractivity contribution >= 4 is 50.9 Å². The zero-order chi connectivity index (χ0) is 32.6. The first-order valence-electron chi connectivity index (χ1n) is 14.9. The third kappa shape index (κ3) is 4.57. The minimum atomic E-state index is -2.23. The molecule has 2 heterocycles. The van der Waals surface area contributed by atoms with Gasteiger partial charge in [-0.15, -0.1) is 0 Å². The Hall–Kier alpha value is -5.61. The Morgan fingerprint density at radius 3 is 2.30 bits per heavy atom. The van der Waals surface area contributed by atoms with Crippen LogP contribution >= 0.6 is 0 Å². The average Bonchev–Trinajstić information content (AvgIpc) is 3.45. The van der Waals surface area contributed by atoms with Crippen molar-refractivity contribution in [2.24, 2.45) is 5.73 Å². The smallest absolute Gasteiger partial charge is 0.335 e. The fraction of sp³-hybridized carbons (Fsp3) is 0.194. The number of benzene rings is 4. The molecule has 2 amide bonds. The van der Waals surface area contributed by atoms with Crippen LogP contribution in [-0.2, 0) is 25.3 Å². The normalized spacial score (nSPS) is 20.0. The molecule has 1 fully saturated rings. The van der Waals surface area contributed by atoms with Gasteiger partial charge in [0.25, 0.3) is 0 Å². The van der Waals surface area contributed by atoms with Crippen molar-refractivity contribution in [1.82, 2.24) is 15.2 Å². The van der Waals surface area contributed by atoms with Crippen molar-refractivity contribution in [2.45, 2.75) is 30.3 Å². The van der Waals surface area contributed by atoms with Gasteiger partial charge in [-0.05, 0) is 58.8 Å². The number of nitrogens with two attached hydrogens (primary N) is 2. The number of nitrogens with one attached hydrogen (secondary N) is 1. The number of pyridine rings is 1. The Bertz CT molecular complexity index is 2020. The monoisotopic (exact) mass is 615 g/mol. The molecule has 0 radical (unpaired) electrons. The van der Waals surface area contributed by atoms with E-state index in [-0.39, 0.29) is 36.5 Å². The first-order valence-corrected chi connectivity index (χ1v) is 14.9. The van der Waals surface area contributed by atoms with Crippen molar-refractivity contribution in [2.75, 3.05) is 18.8 Å². The number of fused-ring (bicyclic) bond motifs is 2. The van der Waals surface area contributed by atoms with E-state index in [1.165, 1.54) is 11.8 Å². The van der Waals surface area contributed by atoms with Gasteiger partial charge in [0.05, 0.1) is 12.0 Å². The van der Waals surface area contributed by atoms with Crippen LogP contribution in [0.25, 0.3) is 21.5 Å². The minimum absolute atomic E-state index is 0.0151. The minimum Gasteiger partial charge on any atom is -0.479 e. The summed E-state index contributed by atoms with van der Waals surface area (Å²) in [6.45, 7) is 1.05. The molecule has 1 aliphatic rings. The van der Waals surface area contributed by atoms with Crippen LogP contribution < -0.4 is 16.8 Å². The molecule has 3 atom stereocenters. The number of nitrogen functional groups attached to an aromatic ring is 1. The number of anilines is 1. The molecule has 0 spiro atoms. The first-order chi connectivity index (χ1) is 22.1. The molecular weight excluding hydrogens is 582 g/mol. The molecule has 5 aromatic rings. The third-order valence-electron chi connectivity index (χ3n) is 9.12. The molecule has 0 saturated carbocycles. The summed E-state index contributed by atoms with van der Waals surface area (Å²) in [4.78, 5) is 61.5. The zero-order valence-electron chi connectivity index (χ0n) is 25.1. The maximum atomic E-state index is 15.3. The second-order valence-corrected chi connectivity index (χ2v) is 11.5. The van der Waals surface area contributed by atoms with E-state index < -0.39 is 40.6 Å². The zero-order valence-corrected chi connectivity index (χ0v) is 25.1. The Morgan fingerprint density at radius 1 is 0.891 bits per heavy atom. The van der Waals surface area contributed by atoms with Crippen LogP contribution in [0.15, 0.2) is 103 Å². The number of carboxylic acid groups (broad SMARTS) is 1. The van der Waals surface area contributed by atoms with Crippen LogP contribution in [0, 0.1) is 0 Å². The molecule has 6 N–H and O–H groups in total. The molecule has 1 aliphatic heterocycles. The van der Waals surface area contributed by atoms with Crippen LogP contribution in [-0.4, -0.2) is 57.7 Å². The van der Waals surface area contributed by atoms with E-state index in [9.17, 15) is 19.5 Å². The summed E-state index contributed by atoms with van der Waals surface area (Å²) in [5, 5.41) is 17.0. The lowest BCUT2D eigenvalue weighted by atomic mass is 9.59. The van der Waals surface area contributed by atoms with Gasteiger partial charge in [0.15, 0.2) is 11.3 Å². The number of carbonyl (C=O) groups is 4. The van der Waals surface area contributed by atoms with Gasteiger partial charge in [-0.1, -0.05) is 78.9 Å². The largest absolute Gasteiger partial charge is 0.479 e. The van der Waals surface area contributed by atoms with Crippen molar-refractivity contribution in [3.05, 3.63) is 120 Å². The van der Waals surface area contributed by atoms with Gasteiger partial charge in [-0.3, -0.25) is 14.4 Å². The van der Waals surface area contributed by atoms with Gasteiger partial charge < -0.3 is 26.8 Å². The number of nitrogens with zero attached hydrogens (tertiary/aromatic N) is 2. The van der Waals surface area contributed by atoms with E-state index in [1.807, 2.05) is 24.3 Å². The second-order valence-electron chi connectivity index (χ2n) is 11.5. The number of ketones is 1. The number of aromatic nitrogens is 1. The topological polar surface area (TPSA) is 169 Å². The molecule has 1 saturated heterocycles. The lowest BCUT2D eigenvalue weighted by molar-refractivity contribution is -0.161. The second kappa shape index (κ2) is 11.7. The Balaban J connectivity index is 1.68. The number of hydrogen-bond donors (Lipinski definition) is 4. The van der Waals surface area contributed by atoms with Crippen LogP contribution in [0.5, 0.6) is 0 Å². The highest BCUT2D eigenvalue weighted by Gasteiger charge is 2.70. The van der Waals surface area contributed by atoms with E-state index in [4.69, 9.17) is 11.5 Å². The summed E-state index contributed by atoms with van der Waals surface area (Å²) in [5.74, 6) is -2.87. The van der Waals surface area contributed by atoms with Crippen molar-refractivity contribution in [3.8, 4) is 0 Å². The van der Waals surface area contributed by atoms with E-state index in [2.05, 4.69) is 10.3 Å². The molecule has 232 valence electrons. The van der Waals surface area contributed by atoms with Gasteiger partial charge in [0.1, 0.15) is 11.9 Å². The van der Waals surface area contributed by atoms with Gasteiger partial charge in [-0.25, -0.2) is 9.78 Å². The summed E-state index contributed by atoms with van der Waals surface area (Å²) >= 11 is 0. The van der Waals surface area contributed by atoms with E-state index in [0.717, 1.165) is 16.2 Å². The lowest BCUT2D eigenvalue weighted by Crippen LogP contribution is -2.65. The molecule has 46 heavy (non-hydrogen) atoms. The lowest BCUT2D eigenvalue weighted by Gasteiger charge is -2.47. The number of aliphatic carboxylic acids is 1. The molecule has 10 nitrogen and oxygen atoms in total. The molecule has 0 bridgehead atoms. The summed E-state index contributed by atoms with van der Waals surface area (Å²) in [5.41, 5.74) is 8.58. The van der Waals surface area contributed by atoms with Crippen LogP contribution in [0.1, 0.15) is 34.8 Å². The van der Waals surface area contributed by atoms with Crippen LogP contribution in [0.4, 0.5) is 5.82 Å². The number of Topliss-reactive ketones (excluding diaryl/α,β-unsaturated/α-hetero) is 1. The number of carbonyl (C=O) groups excluding carboxylic acids is 3. The third-order valence-corrected chi connectivity index (χ3v) is 9.12. The van der Waals surface area contributed by atoms with Crippen molar-refractivity contribution in [1.29, 1.82) is 0 Å². The predicted molar refractivity (Wildman–Crippen MR) is 175 cm³/mol. The van der Waals surface area contributed by atoms with E-state index >= 15 is 4.79 Å². The number of hydrogen-bond acceptors (Lipinski definition) is 7. The van der Waals surface area contributed by atoms with Gasteiger partial charge in [0, 0.05) is 23.7 Å². The summed E-state index contributed by atoms with van der Waals surface area (Å²) < 4.78 is 0. The van der Waals surface area contributed by atoms with Crippen LogP contribution in [0.3, 0.4) is 0 Å². The van der Waals surface area contributed by atoms with Crippen molar-refractivity contribution in [3.63, 3.8) is 0 Å². The maximum Gasteiger partial charge on any atom is 0.335 e. The highest BCUT2D eigenvalue weighted by atomic mass is 16.4. The summed E-state index contributed by atoms with van der Waals surface area (Å²) in [7, 11) is 0. The highest BCUT2D eigenvalue weighted by Crippen LogP contribution is 2.56. The molecule has 1 unspecified atom stereocenters. The van der Waals surface area contributed by atoms with Gasteiger partial charge in [-0.2, -0.15) is 0 Å². The molecular formula is C36H33N5O5. The summed E-state index contributed by atoms with van der Waals surface area (Å²) in [6, 6.07) is 27.0. The van der Waals surface area contributed by atoms with Gasteiger partial charge >= 0.3 is 5.97 Å². The first kappa shape index (κ1) is 30.4. The predicted octanol–water partition coefficient (Wildman–Crippen LogP) is 3.77. The molecule has 6 rings (SSSR count). The summed E-state index contributed by atoms with van der Waals surface area (Å²) in [6.07, 6.45) is 1.56. The van der Waals surface area contributed by atoms with E-state index in [0.29, 0.717) is 10.9 Å². The number of carboxylic acids is 1. The fourth-order valence-electron chi connectivity index (χ4n) is 7.03. The number of rotatable bonds is 8. The Kier molecular flexibility index (Phi) is 7.75. The van der Waals surface area contributed by atoms with Crippen LogP contribution in [0.2, 0.25) is 0 Å². The molecule has 0 aliphatic carbocycles. The SMILES string of the molecule is C[C@H](NC(=O)CN)C(=O)N1CCC(C(=O)c2ccc3ccnc(N)c3c2)(c2ccccc2)[C@@]1(C(=O)O)c1ccc2ccccc2c1. The maximum absolute atomic E-state index is 15.3. The number of likely N-dealkylation sites (tertiary alicyclic amines) is 1. The molecule has 4 aromatic carbocycles. The molecule has 1 aromatic heterocycles. The fourth-order valence-corrected chi connectivity index (χ4v) is 7.03. The molecule has 10 heteroatoms. The quantitative estimate of drug-likeness (QED) is 0.191. The standard InChI is InChI=1S/C36H33N5O5/c1-22(40-30(42)21-37)33(44)41-18-16-35(27-9-3-2-4-10-27,31(43)26-12-11-24-15-17-39-32(38)29(24)20-26)36(41,34(45)46)28-14-13-23-7-5-6-8-25(23)19-28/h2-15,17,19-20,22H,16,18,21,37H2,1H3,(H2,38,39)(H,40,42)(H,45,46)/t22-,35?,36-/m0/s1. The Morgan fingerprint density at radius 2 is 1.59 bits per heavy atom. The number of amides is 2. The highest BCUT2D eigenvalue weighted by molar-refractivity contribution is 6.13. The van der Waals surface area contributed by atoms with E-state index in [1.54, 1.807) is 79.0 Å². The Labute approximate surface area is 265 Å².